The van der Waals surface area contributed by atoms with Gasteiger partial charge in [0.1, 0.15) is 5.75 Å². The second-order valence-electron chi connectivity index (χ2n) is 8.50. The predicted molar refractivity (Wildman–Crippen MR) is 137 cm³/mol. The molecule has 0 aromatic heterocycles. The first-order valence-electron chi connectivity index (χ1n) is 11.1. The summed E-state index contributed by atoms with van der Waals surface area (Å²) in [5.74, 6) is 0.251. The quantitative estimate of drug-likeness (QED) is 0.122. The van der Waals surface area contributed by atoms with Crippen molar-refractivity contribution in [2.45, 2.75) is 0 Å². The molecule has 7 rings (SSSR count). The lowest BCUT2D eigenvalue weighted by Gasteiger charge is -2.15. The number of carbonyl (C=O) groups is 1. The maximum Gasteiger partial charge on any atom is 0.344 e. The average molecular weight is 422 g/mol. The van der Waals surface area contributed by atoms with Crippen LogP contribution in [0.1, 0.15) is 10.4 Å². The minimum Gasteiger partial charge on any atom is -0.422 e. The van der Waals surface area contributed by atoms with Crippen LogP contribution in [-0.2, 0) is 0 Å². The number of ether oxygens (including phenoxy) is 1. The highest BCUT2D eigenvalue weighted by Gasteiger charge is 2.19. The molecule has 0 amide bonds. The first-order valence-corrected chi connectivity index (χ1v) is 11.1. The van der Waals surface area contributed by atoms with Gasteiger partial charge in [-0.15, -0.1) is 0 Å². The van der Waals surface area contributed by atoms with Crippen LogP contribution in [0.25, 0.3) is 53.9 Å². The molecule has 0 radical (unpaired) electrons. The summed E-state index contributed by atoms with van der Waals surface area (Å²) in [5, 5.41) is 10.7. The zero-order chi connectivity index (χ0) is 21.9. The Morgan fingerprint density at radius 2 is 1.03 bits per heavy atom. The van der Waals surface area contributed by atoms with Crippen LogP contribution in [0, 0.1) is 0 Å². The summed E-state index contributed by atoms with van der Waals surface area (Å²) >= 11 is 0. The van der Waals surface area contributed by atoms with Crippen LogP contribution in [0.3, 0.4) is 0 Å². The number of carbonyl (C=O) groups excluding carboxylic acids is 1. The highest BCUT2D eigenvalue weighted by molar-refractivity contribution is 6.24. The normalized spacial score (nSPS) is 11.8. The average Bonchev–Trinajstić information content (AvgIpc) is 2.86. The van der Waals surface area contributed by atoms with E-state index in [0.29, 0.717) is 11.3 Å². The summed E-state index contributed by atoms with van der Waals surface area (Å²) in [6, 6.07) is 36.8. The molecule has 154 valence electrons. The number of rotatable bonds is 2. The van der Waals surface area contributed by atoms with Gasteiger partial charge in [-0.1, -0.05) is 91.0 Å². The minimum absolute atomic E-state index is 0.335. The monoisotopic (exact) mass is 422 g/mol. The van der Waals surface area contributed by atoms with Crippen molar-refractivity contribution in [3.8, 4) is 5.75 Å². The number of esters is 1. The SMILES string of the molecule is O=C(Oc1ccc2ccc3cccc4ccc1c2c34)c1c2ccccc2cc2ccccc12. The van der Waals surface area contributed by atoms with Crippen LogP contribution >= 0.6 is 0 Å². The molecule has 0 spiro atoms. The molecule has 0 saturated carbocycles. The van der Waals surface area contributed by atoms with E-state index in [2.05, 4.69) is 48.5 Å². The maximum absolute atomic E-state index is 13.7. The molecule has 0 aliphatic rings. The smallest absolute Gasteiger partial charge is 0.344 e. The second kappa shape index (κ2) is 6.78. The lowest BCUT2D eigenvalue weighted by Crippen LogP contribution is -2.10. The van der Waals surface area contributed by atoms with Gasteiger partial charge < -0.3 is 4.74 Å². The Balaban J connectivity index is 1.46. The molecular weight excluding hydrogens is 404 g/mol. The molecule has 2 nitrogen and oxygen atoms in total. The molecule has 0 fully saturated rings. The third kappa shape index (κ3) is 2.64. The van der Waals surface area contributed by atoms with Crippen LogP contribution in [0.4, 0.5) is 0 Å². The molecule has 0 aliphatic heterocycles. The molecule has 0 heterocycles. The van der Waals surface area contributed by atoms with Gasteiger partial charge in [0.25, 0.3) is 0 Å². The maximum atomic E-state index is 13.7. The van der Waals surface area contributed by atoms with Gasteiger partial charge in [-0.25, -0.2) is 4.79 Å². The second-order valence-corrected chi connectivity index (χ2v) is 8.50. The lowest BCUT2D eigenvalue weighted by molar-refractivity contribution is 0.0741. The van der Waals surface area contributed by atoms with Gasteiger partial charge in [0, 0.05) is 10.8 Å². The van der Waals surface area contributed by atoms with E-state index >= 15 is 0 Å². The predicted octanol–water partition coefficient (Wildman–Crippen LogP) is 8.11. The van der Waals surface area contributed by atoms with E-state index in [4.69, 9.17) is 4.74 Å². The Kier molecular flexibility index (Phi) is 3.73. The highest BCUT2D eigenvalue weighted by atomic mass is 16.5. The first kappa shape index (κ1) is 18.2. The molecule has 0 atom stereocenters. The summed E-state index contributed by atoms with van der Waals surface area (Å²) in [4.78, 5) is 13.7. The lowest BCUT2D eigenvalue weighted by atomic mass is 9.94. The number of benzene rings is 7. The fourth-order valence-corrected chi connectivity index (χ4v) is 5.18. The molecule has 0 unspecified atom stereocenters. The first-order chi connectivity index (χ1) is 16.3. The Morgan fingerprint density at radius 3 is 1.73 bits per heavy atom. The fourth-order valence-electron chi connectivity index (χ4n) is 5.18. The summed E-state index contributed by atoms with van der Waals surface area (Å²) in [7, 11) is 0. The molecule has 2 heteroatoms. The number of hydrogen-bond donors (Lipinski definition) is 0. The van der Waals surface area contributed by atoms with E-state index in [9.17, 15) is 4.79 Å². The van der Waals surface area contributed by atoms with E-state index in [1.165, 1.54) is 16.2 Å². The van der Waals surface area contributed by atoms with Gasteiger partial charge in [-0.3, -0.25) is 0 Å². The topological polar surface area (TPSA) is 26.3 Å². The van der Waals surface area contributed by atoms with Crippen LogP contribution in [-0.4, -0.2) is 5.97 Å². The van der Waals surface area contributed by atoms with Crippen molar-refractivity contribution in [3.05, 3.63) is 115 Å². The zero-order valence-corrected chi connectivity index (χ0v) is 17.7. The van der Waals surface area contributed by atoms with Gasteiger partial charge in [-0.05, 0) is 61.3 Å². The van der Waals surface area contributed by atoms with Gasteiger partial charge in [0.15, 0.2) is 0 Å². The molecule has 0 bridgehead atoms. The summed E-state index contributed by atoms with van der Waals surface area (Å²) in [6.45, 7) is 0. The molecule has 0 N–H and O–H groups in total. The third-order valence-electron chi connectivity index (χ3n) is 6.67. The van der Waals surface area contributed by atoms with E-state index in [1.807, 2.05) is 60.7 Å². The Morgan fingerprint density at radius 1 is 0.485 bits per heavy atom. The van der Waals surface area contributed by atoms with Crippen molar-refractivity contribution in [1.82, 2.24) is 0 Å². The molecule has 33 heavy (non-hydrogen) atoms. The van der Waals surface area contributed by atoms with Crippen molar-refractivity contribution < 1.29 is 9.53 Å². The minimum atomic E-state index is -0.335. The number of fused-ring (bicyclic) bond motifs is 2. The molecule has 7 aromatic carbocycles. The van der Waals surface area contributed by atoms with Crippen LogP contribution in [0.5, 0.6) is 5.75 Å². The van der Waals surface area contributed by atoms with E-state index < -0.39 is 0 Å². The highest BCUT2D eigenvalue weighted by Crippen LogP contribution is 2.39. The van der Waals surface area contributed by atoms with Crippen LogP contribution in [0.2, 0.25) is 0 Å². The third-order valence-corrected chi connectivity index (χ3v) is 6.67. The van der Waals surface area contributed by atoms with E-state index in [1.54, 1.807) is 0 Å². The Bertz CT molecular complexity index is 1790. The van der Waals surface area contributed by atoms with E-state index in [-0.39, 0.29) is 5.97 Å². The van der Waals surface area contributed by atoms with Gasteiger partial charge in [-0.2, -0.15) is 0 Å². The summed E-state index contributed by atoms with van der Waals surface area (Å²) in [5.41, 5.74) is 0.606. The largest absolute Gasteiger partial charge is 0.422 e. The van der Waals surface area contributed by atoms with Crippen molar-refractivity contribution >= 4 is 59.8 Å². The number of hydrogen-bond acceptors (Lipinski definition) is 2. The Hall–Kier alpha value is -4.43. The molecule has 7 aromatic rings. The summed E-state index contributed by atoms with van der Waals surface area (Å²) in [6.07, 6.45) is 0. The Labute approximate surface area is 190 Å². The van der Waals surface area contributed by atoms with Crippen LogP contribution in [0.15, 0.2) is 109 Å². The van der Waals surface area contributed by atoms with Crippen molar-refractivity contribution in [1.29, 1.82) is 0 Å². The standard InChI is InChI=1S/C31H18O2/c32-31(30-24-10-3-1-6-22(24)18-23-7-2-4-11-25(23)30)33-27-17-15-21-13-12-19-8-5-9-20-14-16-26(27)29(21)28(19)20/h1-18H. The van der Waals surface area contributed by atoms with Crippen molar-refractivity contribution in [3.63, 3.8) is 0 Å². The van der Waals surface area contributed by atoms with Crippen molar-refractivity contribution in [2.75, 3.05) is 0 Å². The van der Waals surface area contributed by atoms with Gasteiger partial charge in [0.2, 0.25) is 0 Å². The van der Waals surface area contributed by atoms with E-state index in [0.717, 1.165) is 37.7 Å². The van der Waals surface area contributed by atoms with Crippen molar-refractivity contribution in [2.24, 2.45) is 0 Å². The molecular formula is C31H18O2. The van der Waals surface area contributed by atoms with Gasteiger partial charge >= 0.3 is 5.97 Å². The van der Waals surface area contributed by atoms with Gasteiger partial charge in [0.05, 0.1) is 5.56 Å². The fraction of sp³-hybridized carbons (Fsp3) is 0. The summed E-state index contributed by atoms with van der Waals surface area (Å²) < 4.78 is 6.13. The van der Waals surface area contributed by atoms with Crippen LogP contribution < -0.4 is 4.74 Å². The molecule has 0 aliphatic carbocycles. The zero-order valence-electron chi connectivity index (χ0n) is 17.7. The molecule has 0 saturated heterocycles.